The second-order valence-corrected chi connectivity index (χ2v) is 5.85. The molecule has 1 aromatic heterocycles. The fraction of sp³-hybridized carbons (Fsp3) is 0.267. The van der Waals surface area contributed by atoms with Crippen molar-refractivity contribution < 1.29 is 4.79 Å². The van der Waals surface area contributed by atoms with Gasteiger partial charge in [-0.15, -0.1) is 0 Å². The minimum absolute atomic E-state index is 0.187. The summed E-state index contributed by atoms with van der Waals surface area (Å²) in [5.74, 6) is 0.824. The van der Waals surface area contributed by atoms with Gasteiger partial charge in [-0.3, -0.25) is 4.98 Å². The Morgan fingerprint density at radius 2 is 1.91 bits per heavy atom. The fourth-order valence-electron chi connectivity index (χ4n) is 2.39. The van der Waals surface area contributed by atoms with Gasteiger partial charge >= 0.3 is 6.03 Å². The first-order valence-corrected chi connectivity index (χ1v) is 7.91. The first kappa shape index (κ1) is 15.8. The molecule has 0 aliphatic carbocycles. The molecule has 1 fully saturated rings. The molecule has 0 radical (unpaired) electrons. The zero-order chi connectivity index (χ0) is 16.2. The number of aromatic nitrogens is 2. The minimum atomic E-state index is -0.187. The lowest BCUT2D eigenvalue weighted by Gasteiger charge is -2.35. The number of rotatable bonds is 2. The Labute approximate surface area is 144 Å². The monoisotopic (exact) mass is 351 g/mol. The Kier molecular flexibility index (Phi) is 4.83. The van der Waals surface area contributed by atoms with Gasteiger partial charge in [0.05, 0.1) is 21.9 Å². The number of carbonyl (C=O) groups excluding carboxylic acids is 1. The average Bonchev–Trinajstić information content (AvgIpc) is 2.60. The SMILES string of the molecule is O=C(Nc1cccc(Cl)c1Cl)N1CCN(c2cnccn2)CC1. The summed E-state index contributed by atoms with van der Waals surface area (Å²) in [6.45, 7) is 2.60. The van der Waals surface area contributed by atoms with Crippen LogP contribution in [0.4, 0.5) is 16.3 Å². The number of carbonyl (C=O) groups is 1. The van der Waals surface area contributed by atoms with E-state index in [0.29, 0.717) is 41.9 Å². The Hall–Kier alpha value is -2.05. The van der Waals surface area contributed by atoms with E-state index in [-0.39, 0.29) is 6.03 Å². The van der Waals surface area contributed by atoms with E-state index in [1.807, 2.05) is 0 Å². The lowest BCUT2D eigenvalue weighted by molar-refractivity contribution is 0.208. The first-order valence-electron chi connectivity index (χ1n) is 7.16. The third-order valence-corrected chi connectivity index (χ3v) is 4.45. The molecule has 6 nitrogen and oxygen atoms in total. The summed E-state index contributed by atoms with van der Waals surface area (Å²) < 4.78 is 0. The normalized spacial score (nSPS) is 14.7. The van der Waals surface area contributed by atoms with Crippen LogP contribution in [0, 0.1) is 0 Å². The van der Waals surface area contributed by atoms with Gasteiger partial charge < -0.3 is 15.1 Å². The van der Waals surface area contributed by atoms with Crippen LogP contribution in [0.3, 0.4) is 0 Å². The molecule has 1 aliphatic rings. The van der Waals surface area contributed by atoms with E-state index in [0.717, 1.165) is 5.82 Å². The molecule has 8 heteroatoms. The molecule has 0 bridgehead atoms. The number of nitrogens with one attached hydrogen (secondary N) is 1. The van der Waals surface area contributed by atoms with E-state index in [9.17, 15) is 4.79 Å². The molecule has 0 saturated carbocycles. The number of anilines is 2. The molecule has 0 unspecified atom stereocenters. The highest BCUT2D eigenvalue weighted by Gasteiger charge is 2.22. The number of halogens is 2. The van der Waals surface area contributed by atoms with Crippen LogP contribution in [0.5, 0.6) is 0 Å². The number of urea groups is 1. The van der Waals surface area contributed by atoms with Gasteiger partial charge in [-0.2, -0.15) is 0 Å². The molecule has 1 N–H and O–H groups in total. The lowest BCUT2D eigenvalue weighted by atomic mass is 10.3. The van der Waals surface area contributed by atoms with Crippen LogP contribution < -0.4 is 10.2 Å². The molecular weight excluding hydrogens is 337 g/mol. The van der Waals surface area contributed by atoms with E-state index < -0.39 is 0 Å². The summed E-state index contributed by atoms with van der Waals surface area (Å²) in [4.78, 5) is 24.5. The molecule has 2 heterocycles. The van der Waals surface area contributed by atoms with Gasteiger partial charge in [-0.1, -0.05) is 29.3 Å². The number of benzene rings is 1. The highest BCUT2D eigenvalue weighted by Crippen LogP contribution is 2.29. The largest absolute Gasteiger partial charge is 0.352 e. The molecular formula is C15H15Cl2N5O. The van der Waals surface area contributed by atoms with Crippen LogP contribution in [0.25, 0.3) is 0 Å². The molecule has 2 aromatic rings. The van der Waals surface area contributed by atoms with Crippen molar-refractivity contribution in [1.82, 2.24) is 14.9 Å². The third-order valence-electron chi connectivity index (χ3n) is 3.63. The van der Waals surface area contributed by atoms with Crippen LogP contribution in [0.2, 0.25) is 10.0 Å². The summed E-state index contributed by atoms with van der Waals surface area (Å²) in [6, 6.07) is 4.96. The number of hydrogen-bond donors (Lipinski definition) is 1. The minimum Gasteiger partial charge on any atom is -0.352 e. The summed E-state index contributed by atoms with van der Waals surface area (Å²) >= 11 is 12.0. The Balaban J connectivity index is 1.59. The van der Waals surface area contributed by atoms with Gasteiger partial charge in [0.2, 0.25) is 0 Å². The van der Waals surface area contributed by atoms with E-state index >= 15 is 0 Å². The molecule has 2 amide bonds. The Morgan fingerprint density at radius 3 is 2.61 bits per heavy atom. The zero-order valence-electron chi connectivity index (χ0n) is 12.2. The third kappa shape index (κ3) is 3.65. The molecule has 1 aromatic carbocycles. The van der Waals surface area contributed by atoms with Crippen LogP contribution in [0.1, 0.15) is 0 Å². The van der Waals surface area contributed by atoms with Crippen molar-refractivity contribution in [2.24, 2.45) is 0 Å². The maximum Gasteiger partial charge on any atom is 0.322 e. The topological polar surface area (TPSA) is 61.4 Å². The standard InChI is InChI=1S/C15H15Cl2N5O/c16-11-2-1-3-12(14(11)17)20-15(23)22-8-6-21(7-9-22)13-10-18-4-5-19-13/h1-5,10H,6-9H2,(H,20,23). The molecule has 3 rings (SSSR count). The van der Waals surface area contributed by atoms with Crippen LogP contribution >= 0.6 is 23.2 Å². The van der Waals surface area contributed by atoms with E-state index in [1.165, 1.54) is 0 Å². The summed E-state index contributed by atoms with van der Waals surface area (Å²) in [7, 11) is 0. The van der Waals surface area contributed by atoms with Gasteiger partial charge in [-0.05, 0) is 12.1 Å². The summed E-state index contributed by atoms with van der Waals surface area (Å²) in [5, 5.41) is 3.56. The first-order chi connectivity index (χ1) is 11.1. The molecule has 23 heavy (non-hydrogen) atoms. The molecule has 1 saturated heterocycles. The lowest BCUT2D eigenvalue weighted by Crippen LogP contribution is -2.50. The van der Waals surface area contributed by atoms with Crippen molar-refractivity contribution in [3.8, 4) is 0 Å². The van der Waals surface area contributed by atoms with Crippen molar-refractivity contribution in [3.63, 3.8) is 0 Å². The second-order valence-electron chi connectivity index (χ2n) is 5.07. The van der Waals surface area contributed by atoms with Crippen molar-refractivity contribution in [1.29, 1.82) is 0 Å². The quantitative estimate of drug-likeness (QED) is 0.902. The van der Waals surface area contributed by atoms with Gasteiger partial charge in [0.15, 0.2) is 0 Å². The second kappa shape index (κ2) is 7.02. The number of hydrogen-bond acceptors (Lipinski definition) is 4. The van der Waals surface area contributed by atoms with Crippen molar-refractivity contribution >= 4 is 40.7 Å². The van der Waals surface area contributed by atoms with E-state index in [1.54, 1.807) is 41.7 Å². The van der Waals surface area contributed by atoms with E-state index in [2.05, 4.69) is 20.2 Å². The van der Waals surface area contributed by atoms with Gasteiger partial charge in [0.1, 0.15) is 5.82 Å². The van der Waals surface area contributed by atoms with Crippen LogP contribution in [0.15, 0.2) is 36.8 Å². The van der Waals surface area contributed by atoms with Crippen LogP contribution in [-0.4, -0.2) is 47.1 Å². The Bertz CT molecular complexity index is 690. The predicted molar refractivity (Wildman–Crippen MR) is 91.3 cm³/mol. The highest BCUT2D eigenvalue weighted by molar-refractivity contribution is 6.43. The van der Waals surface area contributed by atoms with Crippen molar-refractivity contribution in [2.75, 3.05) is 36.4 Å². The van der Waals surface area contributed by atoms with Crippen molar-refractivity contribution in [2.45, 2.75) is 0 Å². The average molecular weight is 352 g/mol. The molecule has 1 aliphatic heterocycles. The summed E-state index contributed by atoms with van der Waals surface area (Å²) in [6.07, 6.45) is 5.03. The molecule has 0 atom stereocenters. The van der Waals surface area contributed by atoms with Gasteiger partial charge in [0.25, 0.3) is 0 Å². The maximum absolute atomic E-state index is 12.3. The van der Waals surface area contributed by atoms with Gasteiger partial charge in [0, 0.05) is 38.6 Å². The zero-order valence-corrected chi connectivity index (χ0v) is 13.8. The Morgan fingerprint density at radius 1 is 1.13 bits per heavy atom. The summed E-state index contributed by atoms with van der Waals surface area (Å²) in [5.41, 5.74) is 0.514. The van der Waals surface area contributed by atoms with Crippen molar-refractivity contribution in [3.05, 3.63) is 46.8 Å². The van der Waals surface area contributed by atoms with Crippen LogP contribution in [-0.2, 0) is 0 Å². The van der Waals surface area contributed by atoms with E-state index in [4.69, 9.17) is 23.2 Å². The van der Waals surface area contributed by atoms with Gasteiger partial charge in [-0.25, -0.2) is 9.78 Å². The highest BCUT2D eigenvalue weighted by atomic mass is 35.5. The number of piperazine rings is 1. The number of amides is 2. The number of nitrogens with zero attached hydrogens (tertiary/aromatic N) is 4. The maximum atomic E-state index is 12.3. The molecule has 120 valence electrons. The fourth-order valence-corrected chi connectivity index (χ4v) is 2.74. The predicted octanol–water partition coefficient (Wildman–Crippen LogP) is 3.14. The molecule has 0 spiro atoms. The smallest absolute Gasteiger partial charge is 0.322 e.